The first-order chi connectivity index (χ1) is 10.9. The first kappa shape index (κ1) is 15.9. The Kier molecular flexibility index (Phi) is 4.06. The third-order valence-corrected chi connectivity index (χ3v) is 4.85. The van der Waals surface area contributed by atoms with Gasteiger partial charge in [0.1, 0.15) is 0 Å². The van der Waals surface area contributed by atoms with Gasteiger partial charge in [-0.25, -0.2) is 0 Å². The molecule has 2 aromatic rings. The number of benzene rings is 2. The lowest BCUT2D eigenvalue weighted by atomic mass is 9.71. The Bertz CT molecular complexity index is 733. The summed E-state index contributed by atoms with van der Waals surface area (Å²) in [6, 6.07) is 15.4. The van der Waals surface area contributed by atoms with E-state index >= 15 is 0 Å². The number of anilines is 2. The van der Waals surface area contributed by atoms with Crippen molar-refractivity contribution in [3.63, 3.8) is 0 Å². The summed E-state index contributed by atoms with van der Waals surface area (Å²) in [5.74, 6) is 0.570. The van der Waals surface area contributed by atoms with Gasteiger partial charge in [0.2, 0.25) is 0 Å². The Morgan fingerprint density at radius 3 is 2.26 bits per heavy atom. The molecule has 1 aliphatic carbocycles. The highest BCUT2D eigenvalue weighted by Crippen LogP contribution is 2.42. The summed E-state index contributed by atoms with van der Waals surface area (Å²) < 4.78 is 0. The highest BCUT2D eigenvalue weighted by Gasteiger charge is 2.29. The van der Waals surface area contributed by atoms with Crippen LogP contribution < -0.4 is 5.32 Å². The van der Waals surface area contributed by atoms with Crippen molar-refractivity contribution in [1.29, 1.82) is 0 Å². The summed E-state index contributed by atoms with van der Waals surface area (Å²) in [5, 5.41) is 3.54. The molecule has 0 aliphatic heterocycles. The van der Waals surface area contributed by atoms with Crippen LogP contribution in [-0.2, 0) is 5.41 Å². The van der Waals surface area contributed by atoms with Gasteiger partial charge in [0, 0.05) is 11.4 Å². The van der Waals surface area contributed by atoms with Crippen LogP contribution in [0.5, 0.6) is 0 Å². The van der Waals surface area contributed by atoms with Crippen LogP contribution in [0.3, 0.4) is 0 Å². The van der Waals surface area contributed by atoms with Gasteiger partial charge in [0.25, 0.3) is 0 Å². The lowest BCUT2D eigenvalue weighted by Gasteiger charge is -2.34. The van der Waals surface area contributed by atoms with Crippen LogP contribution in [0.4, 0.5) is 11.4 Å². The molecule has 2 aromatic carbocycles. The molecule has 1 aliphatic rings. The SMILES string of the molecule is Cc1ccc(Nc2ccc3c(c2)C(C)(C)CC=C3C(C)C)cc1. The van der Waals surface area contributed by atoms with Crippen molar-refractivity contribution < 1.29 is 0 Å². The minimum Gasteiger partial charge on any atom is -0.356 e. The molecule has 0 unspecified atom stereocenters. The van der Waals surface area contributed by atoms with Gasteiger partial charge in [-0.15, -0.1) is 0 Å². The molecule has 23 heavy (non-hydrogen) atoms. The van der Waals surface area contributed by atoms with Crippen molar-refractivity contribution >= 4 is 16.9 Å². The minimum atomic E-state index is 0.193. The topological polar surface area (TPSA) is 12.0 Å². The molecule has 1 N–H and O–H groups in total. The quantitative estimate of drug-likeness (QED) is 0.686. The molecule has 0 aromatic heterocycles. The maximum Gasteiger partial charge on any atom is 0.0387 e. The zero-order valence-electron chi connectivity index (χ0n) is 14.9. The fourth-order valence-electron chi connectivity index (χ4n) is 3.37. The van der Waals surface area contributed by atoms with Gasteiger partial charge < -0.3 is 5.32 Å². The van der Waals surface area contributed by atoms with E-state index in [-0.39, 0.29) is 5.41 Å². The van der Waals surface area contributed by atoms with Crippen molar-refractivity contribution in [2.75, 3.05) is 5.32 Å². The highest BCUT2D eigenvalue weighted by molar-refractivity contribution is 5.76. The van der Waals surface area contributed by atoms with Crippen molar-refractivity contribution in [2.24, 2.45) is 5.92 Å². The largest absolute Gasteiger partial charge is 0.356 e. The Morgan fingerprint density at radius 1 is 0.957 bits per heavy atom. The van der Waals surface area contributed by atoms with Gasteiger partial charge in [0.05, 0.1) is 0 Å². The maximum atomic E-state index is 3.54. The van der Waals surface area contributed by atoms with Crippen LogP contribution in [0.15, 0.2) is 48.5 Å². The first-order valence-corrected chi connectivity index (χ1v) is 8.55. The minimum absolute atomic E-state index is 0.193. The molecule has 0 radical (unpaired) electrons. The molecule has 0 fully saturated rings. The fourth-order valence-corrected chi connectivity index (χ4v) is 3.37. The molecule has 1 nitrogen and oxygen atoms in total. The van der Waals surface area contributed by atoms with Gasteiger partial charge in [-0.1, -0.05) is 57.5 Å². The fraction of sp³-hybridized carbons (Fsp3) is 0.364. The zero-order valence-corrected chi connectivity index (χ0v) is 14.9. The molecule has 0 heterocycles. The normalized spacial score (nSPS) is 16.0. The smallest absolute Gasteiger partial charge is 0.0387 e. The molecule has 0 bridgehead atoms. The maximum absolute atomic E-state index is 3.54. The lowest BCUT2D eigenvalue weighted by Crippen LogP contribution is -2.22. The third-order valence-electron chi connectivity index (χ3n) is 4.85. The summed E-state index contributed by atoms with van der Waals surface area (Å²) in [4.78, 5) is 0. The summed E-state index contributed by atoms with van der Waals surface area (Å²) in [6.45, 7) is 11.4. The molecule has 120 valence electrons. The van der Waals surface area contributed by atoms with Gasteiger partial charge in [-0.05, 0) is 65.6 Å². The second kappa shape index (κ2) is 5.88. The van der Waals surface area contributed by atoms with E-state index in [1.165, 1.54) is 28.0 Å². The van der Waals surface area contributed by atoms with Gasteiger partial charge >= 0.3 is 0 Å². The van der Waals surface area contributed by atoms with Crippen molar-refractivity contribution in [1.82, 2.24) is 0 Å². The number of aryl methyl sites for hydroxylation is 1. The van der Waals surface area contributed by atoms with E-state index in [0.29, 0.717) is 5.92 Å². The van der Waals surface area contributed by atoms with Crippen LogP contribution >= 0.6 is 0 Å². The number of allylic oxidation sites excluding steroid dienone is 2. The Morgan fingerprint density at radius 2 is 1.61 bits per heavy atom. The van der Waals surface area contributed by atoms with Gasteiger partial charge in [0.15, 0.2) is 0 Å². The summed E-state index contributed by atoms with van der Waals surface area (Å²) in [7, 11) is 0. The number of nitrogens with one attached hydrogen (secondary N) is 1. The third kappa shape index (κ3) is 3.19. The first-order valence-electron chi connectivity index (χ1n) is 8.55. The standard InChI is InChI=1S/C22H27N/c1-15(2)19-12-13-22(4,5)21-14-18(10-11-20(19)21)23-17-8-6-16(3)7-9-17/h6-12,14-15,23H,13H2,1-5H3. The number of fused-ring (bicyclic) bond motifs is 1. The Labute approximate surface area is 140 Å². The number of rotatable bonds is 3. The average molecular weight is 305 g/mol. The monoisotopic (exact) mass is 305 g/mol. The van der Waals surface area contributed by atoms with Crippen LogP contribution in [0, 0.1) is 12.8 Å². The Balaban J connectivity index is 1.97. The summed E-state index contributed by atoms with van der Waals surface area (Å²) >= 11 is 0. The summed E-state index contributed by atoms with van der Waals surface area (Å²) in [5.41, 5.74) is 8.16. The van der Waals surface area contributed by atoms with E-state index in [1.54, 1.807) is 0 Å². The molecule has 0 saturated heterocycles. The van der Waals surface area contributed by atoms with Gasteiger partial charge in [-0.2, -0.15) is 0 Å². The van der Waals surface area contributed by atoms with E-state index < -0.39 is 0 Å². The summed E-state index contributed by atoms with van der Waals surface area (Å²) in [6.07, 6.45) is 3.54. The lowest BCUT2D eigenvalue weighted by molar-refractivity contribution is 0.523. The van der Waals surface area contributed by atoms with Crippen LogP contribution in [0.2, 0.25) is 0 Å². The highest BCUT2D eigenvalue weighted by atomic mass is 14.9. The van der Waals surface area contributed by atoms with Crippen molar-refractivity contribution in [2.45, 2.75) is 46.5 Å². The molecular weight excluding hydrogens is 278 g/mol. The van der Waals surface area contributed by atoms with Crippen LogP contribution in [-0.4, -0.2) is 0 Å². The van der Waals surface area contributed by atoms with Crippen molar-refractivity contribution in [3.05, 3.63) is 65.2 Å². The van der Waals surface area contributed by atoms with Crippen molar-refractivity contribution in [3.8, 4) is 0 Å². The molecule has 1 heteroatoms. The van der Waals surface area contributed by atoms with Gasteiger partial charge in [-0.3, -0.25) is 0 Å². The van der Waals surface area contributed by atoms with E-state index in [4.69, 9.17) is 0 Å². The van der Waals surface area contributed by atoms with Crippen LogP contribution in [0.25, 0.3) is 5.57 Å². The van der Waals surface area contributed by atoms with E-state index in [2.05, 4.69) is 88.5 Å². The molecule has 0 saturated carbocycles. The second-order valence-electron chi connectivity index (χ2n) is 7.65. The molecular formula is C22H27N. The predicted octanol–water partition coefficient (Wildman–Crippen LogP) is 6.46. The number of hydrogen-bond donors (Lipinski definition) is 1. The second-order valence-corrected chi connectivity index (χ2v) is 7.65. The number of hydrogen-bond acceptors (Lipinski definition) is 1. The molecule has 0 spiro atoms. The molecule has 0 atom stereocenters. The van der Waals surface area contributed by atoms with Crippen LogP contribution in [0.1, 0.15) is 50.8 Å². The van der Waals surface area contributed by atoms with E-state index in [0.717, 1.165) is 12.1 Å². The zero-order chi connectivity index (χ0) is 16.6. The Hall–Kier alpha value is -2.02. The van der Waals surface area contributed by atoms with E-state index in [1.807, 2.05) is 0 Å². The molecule has 3 rings (SSSR count). The predicted molar refractivity (Wildman–Crippen MR) is 101 cm³/mol. The molecule has 0 amide bonds. The average Bonchev–Trinajstić information content (AvgIpc) is 2.50. The van der Waals surface area contributed by atoms with E-state index in [9.17, 15) is 0 Å².